The van der Waals surface area contributed by atoms with Crippen LogP contribution < -0.4 is 5.32 Å². The number of hydrogen-bond donors (Lipinski definition) is 8. The molecular weight excluding hydrogens is 638 g/mol. The van der Waals surface area contributed by atoms with Crippen molar-refractivity contribution in [2.45, 2.75) is 191 Å². The molecule has 49 heavy (non-hydrogen) atoms. The maximum absolute atomic E-state index is 12.8. The average Bonchev–Trinajstić information content (AvgIpc) is 3.08. The summed E-state index contributed by atoms with van der Waals surface area (Å²) in [5, 5.41) is 75.2. The van der Waals surface area contributed by atoms with Crippen molar-refractivity contribution in [3.8, 4) is 0 Å². The van der Waals surface area contributed by atoms with Crippen molar-refractivity contribution in [2.75, 3.05) is 6.61 Å². The van der Waals surface area contributed by atoms with Crippen LogP contribution in [-0.4, -0.2) is 110 Å². The van der Waals surface area contributed by atoms with Gasteiger partial charge in [0.05, 0.1) is 18.8 Å². The predicted octanol–water partition coefficient (Wildman–Crippen LogP) is 3.73. The van der Waals surface area contributed by atoms with E-state index in [0.717, 1.165) is 51.2 Å². The molecule has 0 spiro atoms. The Kier molecular flexibility index (Phi) is 22.3. The molecule has 13 nitrogen and oxygen atoms in total. The minimum atomic E-state index is -1.86. The van der Waals surface area contributed by atoms with Gasteiger partial charge in [-0.3, -0.25) is 4.79 Å². The van der Waals surface area contributed by atoms with E-state index in [-0.39, 0.29) is 18.9 Å². The highest BCUT2D eigenvalue weighted by molar-refractivity contribution is 5.76. The summed E-state index contributed by atoms with van der Waals surface area (Å²) in [4.78, 5) is 12.8. The van der Waals surface area contributed by atoms with Crippen LogP contribution in [-0.2, 0) is 23.7 Å². The molecule has 0 aromatic rings. The Morgan fingerprint density at radius 2 is 1.39 bits per heavy atom. The van der Waals surface area contributed by atoms with Gasteiger partial charge in [-0.25, -0.2) is 0 Å². The lowest BCUT2D eigenvalue weighted by atomic mass is 10.0. The van der Waals surface area contributed by atoms with Crippen molar-refractivity contribution in [1.82, 2.24) is 5.32 Å². The molecule has 1 fully saturated rings. The number of allylic oxidation sites excluding steroid dienone is 1. The lowest BCUT2D eigenvalue weighted by Gasteiger charge is -2.42. The van der Waals surface area contributed by atoms with Crippen molar-refractivity contribution in [3.63, 3.8) is 0 Å². The first-order chi connectivity index (χ1) is 23.6. The van der Waals surface area contributed by atoms with Crippen LogP contribution >= 0.6 is 0 Å². The Hall–Kier alpha value is -1.81. The number of unbranched alkanes of at least 4 members (excludes halogenated alkanes) is 15. The van der Waals surface area contributed by atoms with Gasteiger partial charge in [0.25, 0.3) is 0 Å². The second-order valence-corrected chi connectivity index (χ2v) is 13.4. The van der Waals surface area contributed by atoms with E-state index < -0.39 is 67.3 Å². The summed E-state index contributed by atoms with van der Waals surface area (Å²) in [7, 11) is 0. The van der Waals surface area contributed by atoms with Crippen LogP contribution in [0.5, 0.6) is 0 Å². The van der Waals surface area contributed by atoms with E-state index in [2.05, 4.69) is 19.2 Å². The van der Waals surface area contributed by atoms with Gasteiger partial charge in [0.15, 0.2) is 18.3 Å². The summed E-state index contributed by atoms with van der Waals surface area (Å²) in [6.07, 6.45) is 9.11. The quantitative estimate of drug-likeness (QED) is 0.0479. The molecule has 2 aliphatic heterocycles. The summed E-state index contributed by atoms with van der Waals surface area (Å²) in [5.41, 5.74) is 0. The first kappa shape index (κ1) is 43.4. The highest BCUT2D eigenvalue weighted by atomic mass is 16.8. The maximum atomic E-state index is 12.8. The van der Waals surface area contributed by atoms with E-state index in [1.807, 2.05) is 6.08 Å². The lowest BCUT2D eigenvalue weighted by Crippen LogP contribution is -2.61. The zero-order valence-corrected chi connectivity index (χ0v) is 29.6. The van der Waals surface area contributed by atoms with Crippen LogP contribution in [0.15, 0.2) is 24.2 Å². The highest BCUT2D eigenvalue weighted by Gasteiger charge is 2.48. The second kappa shape index (κ2) is 25.2. The lowest BCUT2D eigenvalue weighted by molar-refractivity contribution is -0.367. The third-order valence-corrected chi connectivity index (χ3v) is 9.05. The van der Waals surface area contributed by atoms with Crippen LogP contribution in [0.2, 0.25) is 0 Å². The normalized spacial score (nSPS) is 28.6. The van der Waals surface area contributed by atoms with Gasteiger partial charge in [0, 0.05) is 6.42 Å². The molecular formula is C36H65NO12. The number of aliphatic hydroxyl groups excluding tert-OH is 7. The highest BCUT2D eigenvalue weighted by Crippen LogP contribution is 2.28. The molecule has 0 saturated carbocycles. The Morgan fingerprint density at radius 1 is 0.816 bits per heavy atom. The molecule has 1 amide bonds. The Labute approximate surface area is 292 Å². The van der Waals surface area contributed by atoms with Gasteiger partial charge in [-0.1, -0.05) is 116 Å². The topological polar surface area (TPSA) is 208 Å². The van der Waals surface area contributed by atoms with E-state index in [9.17, 15) is 40.5 Å². The Morgan fingerprint density at radius 3 is 2.00 bits per heavy atom. The summed E-state index contributed by atoms with van der Waals surface area (Å²) in [6, 6.07) is -0.900. The fraction of sp³-hybridized carbons (Fsp3) is 0.861. The summed E-state index contributed by atoms with van der Waals surface area (Å²) in [6.45, 7) is 4.04. The van der Waals surface area contributed by atoms with E-state index in [4.69, 9.17) is 18.9 Å². The zero-order chi connectivity index (χ0) is 36.0. The molecule has 8 N–H and O–H groups in total. The number of rotatable bonds is 26. The number of aliphatic hydroxyl groups is 7. The second-order valence-electron chi connectivity index (χ2n) is 13.4. The number of carbonyl (C=O) groups is 1. The molecule has 13 heteroatoms. The fourth-order valence-corrected chi connectivity index (χ4v) is 5.87. The largest absolute Gasteiger partial charge is 0.506 e. The smallest absolute Gasteiger partial charge is 0.228 e. The average molecular weight is 704 g/mol. The monoisotopic (exact) mass is 703 g/mol. The van der Waals surface area contributed by atoms with Crippen molar-refractivity contribution >= 4 is 5.91 Å². The first-order valence-corrected chi connectivity index (χ1v) is 18.6. The van der Waals surface area contributed by atoms with E-state index >= 15 is 0 Å². The number of amides is 1. The molecule has 2 rings (SSSR count). The third kappa shape index (κ3) is 16.4. The molecule has 0 aromatic heterocycles. The van der Waals surface area contributed by atoms with Crippen LogP contribution in [0.25, 0.3) is 0 Å². The van der Waals surface area contributed by atoms with Gasteiger partial charge < -0.3 is 60.0 Å². The van der Waals surface area contributed by atoms with Gasteiger partial charge >= 0.3 is 0 Å². The molecule has 0 aliphatic carbocycles. The number of nitrogens with one attached hydrogen (secondary N) is 1. The summed E-state index contributed by atoms with van der Waals surface area (Å²) in [5.74, 6) is -0.888. The number of hydrogen-bond acceptors (Lipinski definition) is 12. The molecule has 2 aliphatic rings. The van der Waals surface area contributed by atoms with Crippen molar-refractivity contribution in [1.29, 1.82) is 0 Å². The number of ether oxygens (including phenoxy) is 4. The van der Waals surface area contributed by atoms with Crippen molar-refractivity contribution in [3.05, 3.63) is 24.2 Å². The summed E-state index contributed by atoms with van der Waals surface area (Å²) >= 11 is 0. The minimum Gasteiger partial charge on any atom is -0.506 e. The van der Waals surface area contributed by atoms with E-state index in [0.29, 0.717) is 6.42 Å². The zero-order valence-electron chi connectivity index (χ0n) is 29.6. The number of carbonyl (C=O) groups excluding carboxylic acids is 1. The van der Waals surface area contributed by atoms with Crippen LogP contribution in [0.3, 0.4) is 0 Å². The van der Waals surface area contributed by atoms with Crippen LogP contribution in [0.1, 0.15) is 129 Å². The van der Waals surface area contributed by atoms with Gasteiger partial charge in [-0.15, -0.1) is 0 Å². The van der Waals surface area contributed by atoms with Crippen LogP contribution in [0, 0.1) is 0 Å². The maximum Gasteiger partial charge on any atom is 0.228 e. The van der Waals surface area contributed by atoms with Crippen LogP contribution in [0.4, 0.5) is 0 Å². The minimum absolute atomic E-state index is 0.255. The molecule has 10 atom stereocenters. The van der Waals surface area contributed by atoms with Crippen molar-refractivity contribution in [2.24, 2.45) is 0 Å². The standard InChI is InChI=1S/C36H65NO12/c1-3-5-7-9-10-11-12-13-14-15-16-18-19-21-26(38)25(37-28(40)22-20-17-8-6-4-2)23-46-36-32(44)30(42)33(34(45)49-36)48-35-31(43)29(41)27(39)24-47-35/h19,21,24-26,29-36,38-39,41-45H,3-18,20,22-23H2,1-2H3,(H,37,40)/b21-19+/t25-,26+,29?,30?,31?,32?,33?,34?,35?,36?/m0/s1. The molecule has 0 bridgehead atoms. The van der Waals surface area contributed by atoms with E-state index in [1.54, 1.807) is 6.08 Å². The Balaban J connectivity index is 1.86. The third-order valence-electron chi connectivity index (χ3n) is 9.05. The molecule has 286 valence electrons. The first-order valence-electron chi connectivity index (χ1n) is 18.6. The van der Waals surface area contributed by atoms with Crippen molar-refractivity contribution < 1.29 is 59.5 Å². The fourth-order valence-electron chi connectivity index (χ4n) is 5.87. The SMILES string of the molecule is CCCCCCCCCCCCC/C=C/[C@@H](O)[C@H](COC1OC(O)C(OC2OC=C(O)C(O)C2O)C(O)C1O)NC(=O)CCCCCCC. The van der Waals surface area contributed by atoms with Gasteiger partial charge in [0.2, 0.25) is 12.2 Å². The molecule has 8 unspecified atom stereocenters. The van der Waals surface area contributed by atoms with Gasteiger partial charge in [-0.05, 0) is 19.3 Å². The molecule has 0 aromatic carbocycles. The Bertz CT molecular complexity index is 936. The van der Waals surface area contributed by atoms with Gasteiger partial charge in [0.1, 0.15) is 36.8 Å². The predicted molar refractivity (Wildman–Crippen MR) is 183 cm³/mol. The van der Waals surface area contributed by atoms with Gasteiger partial charge in [-0.2, -0.15) is 0 Å². The molecule has 2 heterocycles. The molecule has 1 saturated heterocycles. The summed E-state index contributed by atoms with van der Waals surface area (Å²) < 4.78 is 21.4. The van der Waals surface area contributed by atoms with E-state index in [1.165, 1.54) is 57.8 Å². The molecule has 0 radical (unpaired) electrons.